The fraction of sp³-hybridized carbons (Fsp3) is 0.789. The second-order valence-electron chi connectivity index (χ2n) is 7.00. The topological polar surface area (TPSA) is 153 Å². The van der Waals surface area contributed by atoms with E-state index in [0.717, 1.165) is 20.8 Å². The van der Waals surface area contributed by atoms with E-state index in [4.69, 9.17) is 33.2 Å². The predicted octanol–water partition coefficient (Wildman–Crippen LogP) is -0.169. The highest BCUT2D eigenvalue weighted by Gasteiger charge is 2.54. The van der Waals surface area contributed by atoms with Crippen molar-refractivity contribution in [2.24, 2.45) is 0 Å². The molecule has 12 nitrogen and oxygen atoms in total. The lowest BCUT2D eigenvalue weighted by Crippen LogP contribution is -2.64. The van der Waals surface area contributed by atoms with E-state index >= 15 is 0 Å². The van der Waals surface area contributed by atoms with E-state index < -0.39 is 60.4 Å². The quantitative estimate of drug-likeness (QED) is 0.267. The largest absolute Gasteiger partial charge is 0.463 e. The first kappa shape index (κ1) is 26.8. The highest BCUT2D eigenvalue weighted by atomic mass is 16.8. The van der Waals surface area contributed by atoms with Gasteiger partial charge in [0, 0.05) is 47.8 Å². The van der Waals surface area contributed by atoms with Crippen molar-refractivity contribution in [1.82, 2.24) is 0 Å². The Bertz CT molecular complexity index is 650. The summed E-state index contributed by atoms with van der Waals surface area (Å²) in [5, 5.41) is 9.31. The molecule has 0 bridgehead atoms. The molecule has 1 aliphatic heterocycles. The maximum absolute atomic E-state index is 11.8. The Hall–Kier alpha value is -2.28. The van der Waals surface area contributed by atoms with Crippen LogP contribution in [0.2, 0.25) is 0 Å². The standard InChI is InChI=1S/C19H30O12/c1-10(21)26-9-14-15(27-11(2)22)16(28-12(3)23)17(29-13(4)24)18(30-14)31-19(5,25-6)7-8-20/h14-18,20H,7-9H2,1-6H3/t14-,15-,16+,17-,18-,19+/m1/s1. The second kappa shape index (κ2) is 11.9. The Morgan fingerprint density at radius 1 is 0.871 bits per heavy atom. The summed E-state index contributed by atoms with van der Waals surface area (Å²) in [6, 6.07) is 0. The van der Waals surface area contributed by atoms with Gasteiger partial charge in [-0.15, -0.1) is 0 Å². The number of carbonyl (C=O) groups excluding carboxylic acids is 4. The molecule has 178 valence electrons. The number of methoxy groups -OCH3 is 1. The van der Waals surface area contributed by atoms with Gasteiger partial charge in [0.1, 0.15) is 12.7 Å². The molecule has 0 aliphatic carbocycles. The summed E-state index contributed by atoms with van der Waals surface area (Å²) < 4.78 is 37.8. The highest BCUT2D eigenvalue weighted by molar-refractivity contribution is 5.68. The third-order valence-electron chi connectivity index (χ3n) is 4.31. The average Bonchev–Trinajstić information content (AvgIpc) is 2.64. The lowest BCUT2D eigenvalue weighted by atomic mass is 9.98. The van der Waals surface area contributed by atoms with Crippen molar-refractivity contribution < 1.29 is 57.4 Å². The molecule has 1 heterocycles. The zero-order valence-electron chi connectivity index (χ0n) is 18.4. The summed E-state index contributed by atoms with van der Waals surface area (Å²) >= 11 is 0. The first-order valence-electron chi connectivity index (χ1n) is 9.56. The van der Waals surface area contributed by atoms with Gasteiger partial charge in [-0.3, -0.25) is 19.2 Å². The van der Waals surface area contributed by atoms with Gasteiger partial charge in [-0.2, -0.15) is 0 Å². The molecule has 1 saturated heterocycles. The summed E-state index contributed by atoms with van der Waals surface area (Å²) in [4.78, 5) is 46.5. The van der Waals surface area contributed by atoms with Crippen LogP contribution in [0.25, 0.3) is 0 Å². The fourth-order valence-electron chi connectivity index (χ4n) is 2.94. The van der Waals surface area contributed by atoms with E-state index in [9.17, 15) is 24.3 Å². The average molecular weight is 450 g/mol. The fourth-order valence-corrected chi connectivity index (χ4v) is 2.94. The number of aliphatic hydroxyl groups excluding tert-OH is 1. The van der Waals surface area contributed by atoms with Gasteiger partial charge in [0.05, 0.1) is 0 Å². The second-order valence-corrected chi connectivity index (χ2v) is 7.00. The smallest absolute Gasteiger partial charge is 0.303 e. The monoisotopic (exact) mass is 450 g/mol. The van der Waals surface area contributed by atoms with E-state index in [2.05, 4.69) is 0 Å². The molecule has 1 aliphatic rings. The summed E-state index contributed by atoms with van der Waals surface area (Å²) in [5.41, 5.74) is 0. The van der Waals surface area contributed by atoms with E-state index in [-0.39, 0.29) is 19.6 Å². The Morgan fingerprint density at radius 2 is 1.39 bits per heavy atom. The van der Waals surface area contributed by atoms with Crippen molar-refractivity contribution in [2.45, 2.75) is 77.5 Å². The van der Waals surface area contributed by atoms with Gasteiger partial charge in [0.15, 0.2) is 24.1 Å². The van der Waals surface area contributed by atoms with Crippen LogP contribution in [-0.4, -0.2) is 85.8 Å². The van der Waals surface area contributed by atoms with E-state index in [1.54, 1.807) is 0 Å². The van der Waals surface area contributed by atoms with Crippen molar-refractivity contribution >= 4 is 23.9 Å². The summed E-state index contributed by atoms with van der Waals surface area (Å²) in [6.07, 6.45) is -6.50. The van der Waals surface area contributed by atoms with Gasteiger partial charge < -0.3 is 38.3 Å². The highest BCUT2D eigenvalue weighted by Crippen LogP contribution is 2.33. The molecule has 0 aromatic rings. The van der Waals surface area contributed by atoms with Crippen LogP contribution >= 0.6 is 0 Å². The molecule has 31 heavy (non-hydrogen) atoms. The van der Waals surface area contributed by atoms with E-state index in [1.165, 1.54) is 21.0 Å². The normalized spacial score (nSPS) is 27.5. The van der Waals surface area contributed by atoms with E-state index in [1.807, 2.05) is 0 Å². The van der Waals surface area contributed by atoms with Gasteiger partial charge >= 0.3 is 23.9 Å². The molecular weight excluding hydrogens is 420 g/mol. The van der Waals surface area contributed by atoms with Crippen LogP contribution in [0.1, 0.15) is 41.0 Å². The van der Waals surface area contributed by atoms with Crippen LogP contribution in [-0.2, 0) is 52.3 Å². The van der Waals surface area contributed by atoms with Crippen LogP contribution in [0, 0.1) is 0 Å². The van der Waals surface area contributed by atoms with Crippen LogP contribution in [0.3, 0.4) is 0 Å². The molecule has 0 unspecified atom stereocenters. The molecule has 0 aromatic heterocycles. The molecule has 1 rings (SSSR count). The molecular formula is C19H30O12. The SMILES string of the molecule is CO[C@](C)(CCO)O[C@H]1O[C@H](COC(C)=O)[C@@H](OC(C)=O)[C@H](OC(C)=O)[C@H]1OC(C)=O. The van der Waals surface area contributed by atoms with Gasteiger partial charge in [-0.1, -0.05) is 0 Å². The first-order chi connectivity index (χ1) is 14.4. The van der Waals surface area contributed by atoms with E-state index in [0.29, 0.717) is 0 Å². The van der Waals surface area contributed by atoms with Crippen molar-refractivity contribution in [3.05, 3.63) is 0 Å². The van der Waals surface area contributed by atoms with Gasteiger partial charge in [-0.25, -0.2) is 0 Å². The minimum absolute atomic E-state index is 0.0242. The number of carbonyl (C=O) groups is 4. The Balaban J connectivity index is 3.40. The van der Waals surface area contributed by atoms with Gasteiger partial charge in [0.25, 0.3) is 0 Å². The molecule has 0 saturated carbocycles. The molecule has 0 aromatic carbocycles. The third kappa shape index (κ3) is 8.40. The van der Waals surface area contributed by atoms with Crippen molar-refractivity contribution in [1.29, 1.82) is 0 Å². The van der Waals surface area contributed by atoms with Crippen LogP contribution < -0.4 is 0 Å². The zero-order valence-corrected chi connectivity index (χ0v) is 18.4. The van der Waals surface area contributed by atoms with Gasteiger partial charge in [-0.05, 0) is 6.92 Å². The Kier molecular flexibility index (Phi) is 10.3. The molecule has 1 fully saturated rings. The van der Waals surface area contributed by atoms with Crippen LogP contribution in [0.4, 0.5) is 0 Å². The summed E-state index contributed by atoms with van der Waals surface area (Å²) in [6.45, 7) is 5.38. The summed E-state index contributed by atoms with van der Waals surface area (Å²) in [7, 11) is 1.33. The number of rotatable bonds is 10. The van der Waals surface area contributed by atoms with Crippen LogP contribution in [0.15, 0.2) is 0 Å². The van der Waals surface area contributed by atoms with Crippen molar-refractivity contribution in [2.75, 3.05) is 20.3 Å². The van der Waals surface area contributed by atoms with Crippen molar-refractivity contribution in [3.8, 4) is 0 Å². The van der Waals surface area contributed by atoms with Crippen LogP contribution in [0.5, 0.6) is 0 Å². The minimum Gasteiger partial charge on any atom is -0.463 e. The maximum atomic E-state index is 11.8. The maximum Gasteiger partial charge on any atom is 0.303 e. The molecule has 1 N–H and O–H groups in total. The number of esters is 4. The minimum atomic E-state index is -1.39. The first-order valence-corrected chi connectivity index (χ1v) is 9.56. The van der Waals surface area contributed by atoms with Gasteiger partial charge in [0.2, 0.25) is 6.29 Å². The Labute approximate surface area is 180 Å². The number of hydrogen-bond acceptors (Lipinski definition) is 12. The lowest BCUT2D eigenvalue weighted by Gasteiger charge is -2.46. The lowest BCUT2D eigenvalue weighted by molar-refractivity contribution is -0.365. The molecule has 0 amide bonds. The Morgan fingerprint density at radius 3 is 1.84 bits per heavy atom. The molecule has 0 spiro atoms. The number of aliphatic hydroxyl groups is 1. The number of ether oxygens (including phenoxy) is 7. The molecule has 12 heteroatoms. The molecule has 6 atom stereocenters. The van der Waals surface area contributed by atoms with Crippen molar-refractivity contribution in [3.63, 3.8) is 0 Å². The zero-order chi connectivity index (χ0) is 23.8. The molecule has 0 radical (unpaired) electrons. The summed E-state index contributed by atoms with van der Waals surface area (Å²) in [5.74, 6) is -4.24. The number of hydrogen-bond donors (Lipinski definition) is 1. The predicted molar refractivity (Wildman–Crippen MR) is 100 cm³/mol. The third-order valence-corrected chi connectivity index (χ3v) is 4.31.